The van der Waals surface area contributed by atoms with E-state index in [1.54, 1.807) is 6.20 Å². The Morgan fingerprint density at radius 1 is 1.30 bits per heavy atom. The van der Waals surface area contributed by atoms with E-state index in [9.17, 15) is 0 Å². The molecule has 1 aliphatic carbocycles. The molecular formula is C17H26ClN3OSi. The fraction of sp³-hybridized carbons (Fsp3) is 0.647. The summed E-state index contributed by atoms with van der Waals surface area (Å²) >= 11 is 6.15. The maximum absolute atomic E-state index is 6.37. The molecule has 1 fully saturated rings. The monoisotopic (exact) mass is 351 g/mol. The Bertz CT molecular complexity index is 689. The van der Waals surface area contributed by atoms with Gasteiger partial charge < -0.3 is 4.43 Å². The van der Waals surface area contributed by atoms with Gasteiger partial charge in [0.25, 0.3) is 0 Å². The minimum atomic E-state index is -1.04. The summed E-state index contributed by atoms with van der Waals surface area (Å²) in [5.74, 6) is 2.22. The third-order valence-corrected chi connectivity index (χ3v) is 5.81. The Morgan fingerprint density at radius 2 is 2.00 bits per heavy atom. The van der Waals surface area contributed by atoms with Crippen LogP contribution in [0.2, 0.25) is 18.2 Å². The number of imidazole rings is 1. The summed E-state index contributed by atoms with van der Waals surface area (Å²) in [4.78, 5) is 8.72. The Labute approximate surface area is 145 Å². The van der Waals surface area contributed by atoms with Crippen LogP contribution in [-0.2, 0) is 4.43 Å². The second-order valence-electron chi connectivity index (χ2n) is 7.99. The van der Waals surface area contributed by atoms with Gasteiger partial charge >= 0.3 is 0 Å². The smallest absolute Gasteiger partial charge is 0.171 e. The minimum absolute atomic E-state index is 0.189. The van der Waals surface area contributed by atoms with Crippen LogP contribution in [0.1, 0.15) is 45.4 Å². The summed E-state index contributed by atoms with van der Waals surface area (Å²) in [5, 5.41) is 0.517. The SMILES string of the molecule is C[SiH](C)OC([C@H]1C[C@@H](c2ncc3c(Cl)nccn32)C1)C(C)(C)C. The predicted molar refractivity (Wildman–Crippen MR) is 96.7 cm³/mol. The molecule has 0 bridgehead atoms. The maximum atomic E-state index is 6.37. The molecule has 126 valence electrons. The van der Waals surface area contributed by atoms with Crippen LogP contribution in [0.4, 0.5) is 0 Å². The molecule has 0 spiro atoms. The van der Waals surface area contributed by atoms with Crippen molar-refractivity contribution in [3.63, 3.8) is 0 Å². The molecule has 2 aromatic rings. The first-order chi connectivity index (χ1) is 10.8. The zero-order valence-corrected chi connectivity index (χ0v) is 16.5. The summed E-state index contributed by atoms with van der Waals surface area (Å²) in [6, 6.07) is 0. The van der Waals surface area contributed by atoms with Crippen LogP contribution in [0.25, 0.3) is 5.52 Å². The Morgan fingerprint density at radius 3 is 2.61 bits per heavy atom. The summed E-state index contributed by atoms with van der Waals surface area (Å²) in [5.41, 5.74) is 1.08. The zero-order chi connectivity index (χ0) is 16.8. The van der Waals surface area contributed by atoms with Crippen molar-refractivity contribution in [1.82, 2.24) is 14.4 Å². The van der Waals surface area contributed by atoms with Crippen LogP contribution in [0.3, 0.4) is 0 Å². The number of nitrogens with zero attached hydrogens (tertiary/aromatic N) is 3. The standard InChI is InChI=1S/C17H26ClN3OSi/c1-17(2,3)14(22-23(4)5)11-8-12(9-11)16-20-10-13-15(18)19-6-7-21(13)16/h6-7,10-12,14,23H,8-9H2,1-5H3/t11-,12+,14?. The minimum Gasteiger partial charge on any atom is -0.417 e. The molecule has 0 aliphatic heterocycles. The molecule has 1 atom stereocenters. The lowest BCUT2D eigenvalue weighted by molar-refractivity contribution is -0.00947. The predicted octanol–water partition coefficient (Wildman–Crippen LogP) is 4.29. The second-order valence-corrected chi connectivity index (χ2v) is 10.7. The van der Waals surface area contributed by atoms with E-state index >= 15 is 0 Å². The van der Waals surface area contributed by atoms with Crippen molar-refractivity contribution < 1.29 is 4.43 Å². The van der Waals surface area contributed by atoms with Crippen molar-refractivity contribution in [2.45, 2.75) is 58.7 Å². The average molecular weight is 352 g/mol. The zero-order valence-electron chi connectivity index (χ0n) is 14.6. The van der Waals surface area contributed by atoms with Crippen molar-refractivity contribution in [3.05, 3.63) is 29.6 Å². The second kappa shape index (κ2) is 6.19. The lowest BCUT2D eigenvalue weighted by Gasteiger charge is -2.46. The quantitative estimate of drug-likeness (QED) is 0.771. The summed E-state index contributed by atoms with van der Waals surface area (Å²) < 4.78 is 8.46. The maximum Gasteiger partial charge on any atom is 0.171 e. The molecule has 6 heteroatoms. The van der Waals surface area contributed by atoms with Crippen LogP contribution in [0.15, 0.2) is 18.6 Å². The van der Waals surface area contributed by atoms with Crippen LogP contribution in [-0.4, -0.2) is 29.5 Å². The molecule has 0 aromatic carbocycles. The Hall–Kier alpha value is -0.913. The highest BCUT2D eigenvalue weighted by atomic mass is 35.5. The first kappa shape index (κ1) is 16.9. The van der Waals surface area contributed by atoms with E-state index in [-0.39, 0.29) is 5.41 Å². The number of aromatic nitrogens is 3. The van der Waals surface area contributed by atoms with Crippen LogP contribution in [0, 0.1) is 11.3 Å². The third-order valence-electron chi connectivity index (χ3n) is 4.68. The lowest BCUT2D eigenvalue weighted by Crippen LogP contribution is -2.44. The van der Waals surface area contributed by atoms with Gasteiger partial charge in [0.05, 0.1) is 12.3 Å². The van der Waals surface area contributed by atoms with Gasteiger partial charge in [-0.1, -0.05) is 32.4 Å². The number of halogens is 1. The molecule has 1 aliphatic rings. The molecule has 3 rings (SSSR count). The van der Waals surface area contributed by atoms with Gasteiger partial charge in [0.1, 0.15) is 11.3 Å². The van der Waals surface area contributed by atoms with E-state index in [0.717, 1.165) is 24.2 Å². The van der Waals surface area contributed by atoms with E-state index in [2.05, 4.69) is 48.2 Å². The van der Waals surface area contributed by atoms with E-state index in [1.165, 1.54) is 0 Å². The van der Waals surface area contributed by atoms with E-state index in [4.69, 9.17) is 16.0 Å². The molecule has 2 heterocycles. The molecule has 23 heavy (non-hydrogen) atoms. The van der Waals surface area contributed by atoms with Crippen LogP contribution < -0.4 is 0 Å². The first-order valence-electron chi connectivity index (χ1n) is 8.40. The van der Waals surface area contributed by atoms with Crippen molar-refractivity contribution in [2.24, 2.45) is 11.3 Å². The lowest BCUT2D eigenvalue weighted by atomic mass is 9.66. The fourth-order valence-corrected chi connectivity index (χ4v) is 5.07. The molecule has 0 saturated heterocycles. The van der Waals surface area contributed by atoms with Gasteiger partial charge in [-0.3, -0.25) is 4.40 Å². The molecule has 0 N–H and O–H groups in total. The third kappa shape index (κ3) is 3.32. The Balaban J connectivity index is 1.75. The average Bonchev–Trinajstić information content (AvgIpc) is 2.80. The van der Waals surface area contributed by atoms with Crippen molar-refractivity contribution in [2.75, 3.05) is 0 Å². The van der Waals surface area contributed by atoms with E-state index < -0.39 is 9.04 Å². The van der Waals surface area contributed by atoms with Gasteiger partial charge in [0.2, 0.25) is 0 Å². The highest BCUT2D eigenvalue weighted by Gasteiger charge is 2.43. The van der Waals surface area contributed by atoms with E-state index in [0.29, 0.717) is 23.1 Å². The molecule has 2 aromatic heterocycles. The summed E-state index contributed by atoms with van der Waals surface area (Å²) in [6.45, 7) is 11.4. The van der Waals surface area contributed by atoms with Crippen LogP contribution in [0.5, 0.6) is 0 Å². The highest BCUT2D eigenvalue weighted by Crippen LogP contribution is 2.47. The fourth-order valence-electron chi connectivity index (χ4n) is 3.65. The van der Waals surface area contributed by atoms with Crippen molar-refractivity contribution >= 4 is 26.2 Å². The highest BCUT2D eigenvalue weighted by molar-refractivity contribution is 6.48. The van der Waals surface area contributed by atoms with Gasteiger partial charge in [0.15, 0.2) is 14.2 Å². The summed E-state index contributed by atoms with van der Waals surface area (Å²) in [7, 11) is -1.04. The number of hydrogen-bond donors (Lipinski definition) is 0. The molecule has 0 radical (unpaired) electrons. The summed E-state index contributed by atoms with van der Waals surface area (Å²) in [6.07, 6.45) is 8.15. The van der Waals surface area contributed by atoms with Gasteiger partial charge in [-0.05, 0) is 37.3 Å². The van der Waals surface area contributed by atoms with Gasteiger partial charge in [-0.15, -0.1) is 0 Å². The molecule has 1 unspecified atom stereocenters. The Kier molecular flexibility index (Phi) is 4.55. The largest absolute Gasteiger partial charge is 0.417 e. The number of hydrogen-bond acceptors (Lipinski definition) is 3. The van der Waals surface area contributed by atoms with Crippen molar-refractivity contribution in [1.29, 1.82) is 0 Å². The topological polar surface area (TPSA) is 39.4 Å². The number of rotatable bonds is 4. The molecular weight excluding hydrogens is 326 g/mol. The van der Waals surface area contributed by atoms with Crippen LogP contribution >= 0.6 is 11.6 Å². The van der Waals surface area contributed by atoms with E-state index in [1.807, 2.05) is 12.4 Å². The van der Waals surface area contributed by atoms with Gasteiger partial charge in [-0.25, -0.2) is 9.97 Å². The molecule has 1 saturated carbocycles. The first-order valence-corrected chi connectivity index (χ1v) is 11.6. The van der Waals surface area contributed by atoms with Crippen molar-refractivity contribution in [3.8, 4) is 0 Å². The molecule has 4 nitrogen and oxygen atoms in total. The van der Waals surface area contributed by atoms with Gasteiger partial charge in [-0.2, -0.15) is 0 Å². The van der Waals surface area contributed by atoms with Gasteiger partial charge in [0, 0.05) is 18.3 Å². The normalized spacial score (nSPS) is 23.3. The molecule has 0 amide bonds. The number of fused-ring (bicyclic) bond motifs is 1.